The maximum Gasteiger partial charge on any atom is 0.141 e. The number of anilines is 2. The second kappa shape index (κ2) is 4.67. The van der Waals surface area contributed by atoms with E-state index in [-0.39, 0.29) is 5.60 Å². The lowest BCUT2D eigenvalue weighted by atomic mass is 10.0. The molecule has 2 heterocycles. The molecule has 1 unspecified atom stereocenters. The fourth-order valence-electron chi connectivity index (χ4n) is 1.88. The maximum absolute atomic E-state index is 5.70. The van der Waals surface area contributed by atoms with Crippen LogP contribution in [0.15, 0.2) is 18.3 Å². The Morgan fingerprint density at radius 2 is 2.50 bits per heavy atom. The number of nitrogen functional groups attached to an aromatic ring is 1. The Morgan fingerprint density at radius 1 is 1.62 bits per heavy atom. The molecule has 88 valence electrons. The van der Waals surface area contributed by atoms with Crippen molar-refractivity contribution in [3.63, 3.8) is 0 Å². The molecule has 0 bridgehead atoms. The molecule has 0 radical (unpaired) electrons. The van der Waals surface area contributed by atoms with Crippen molar-refractivity contribution in [3.05, 3.63) is 18.3 Å². The fraction of sp³-hybridized carbons (Fsp3) is 0.545. The van der Waals surface area contributed by atoms with Crippen LogP contribution in [-0.2, 0) is 4.74 Å². The number of pyridine rings is 1. The Bertz CT molecular complexity index is 350. The van der Waals surface area contributed by atoms with Crippen LogP contribution in [0, 0.1) is 0 Å². The largest absolute Gasteiger partial charge is 0.382 e. The number of hydrogen-bond acceptors (Lipinski definition) is 5. The Hall–Kier alpha value is -1.33. The summed E-state index contributed by atoms with van der Waals surface area (Å²) in [6, 6.07) is 3.79. The number of hydrogen-bond donors (Lipinski definition) is 3. The molecule has 0 aromatic carbocycles. The van der Waals surface area contributed by atoms with Crippen molar-refractivity contribution in [1.29, 1.82) is 0 Å². The molecule has 1 aliphatic rings. The number of nitrogens with two attached hydrogens (primary N) is 1. The van der Waals surface area contributed by atoms with Gasteiger partial charge in [-0.15, -0.1) is 0 Å². The number of aromatic nitrogens is 1. The zero-order valence-electron chi connectivity index (χ0n) is 9.49. The van der Waals surface area contributed by atoms with Crippen LogP contribution in [0.1, 0.15) is 19.8 Å². The number of ether oxygens (including phenoxy) is 1. The Morgan fingerprint density at radius 3 is 3.19 bits per heavy atom. The molecule has 0 spiro atoms. The van der Waals surface area contributed by atoms with E-state index in [1.807, 2.05) is 12.1 Å². The predicted octanol–water partition coefficient (Wildman–Crippen LogP) is 1.35. The molecule has 0 aliphatic carbocycles. The van der Waals surface area contributed by atoms with E-state index >= 15 is 0 Å². The lowest BCUT2D eigenvalue weighted by molar-refractivity contribution is 0.0315. The van der Waals surface area contributed by atoms with Crippen LogP contribution in [-0.4, -0.2) is 23.7 Å². The molecular formula is C11H18N4O. The summed E-state index contributed by atoms with van der Waals surface area (Å²) in [4.78, 5) is 4.05. The summed E-state index contributed by atoms with van der Waals surface area (Å²) in [7, 11) is 0. The van der Waals surface area contributed by atoms with Crippen LogP contribution in [0.5, 0.6) is 0 Å². The van der Waals surface area contributed by atoms with Crippen molar-refractivity contribution in [2.24, 2.45) is 5.84 Å². The van der Waals surface area contributed by atoms with E-state index in [2.05, 4.69) is 22.7 Å². The maximum atomic E-state index is 5.70. The molecule has 4 N–H and O–H groups in total. The van der Waals surface area contributed by atoms with Gasteiger partial charge in [0.15, 0.2) is 0 Å². The molecule has 1 aromatic rings. The normalized spacial score (nSPS) is 24.4. The molecule has 1 saturated heterocycles. The highest BCUT2D eigenvalue weighted by Gasteiger charge is 2.29. The first-order valence-electron chi connectivity index (χ1n) is 5.52. The first-order chi connectivity index (χ1) is 7.72. The lowest BCUT2D eigenvalue weighted by Gasteiger charge is -2.24. The summed E-state index contributed by atoms with van der Waals surface area (Å²) in [5, 5.41) is 3.34. The minimum atomic E-state index is -0.0421. The number of nitrogens with zero attached hydrogens (tertiary/aromatic N) is 1. The van der Waals surface area contributed by atoms with Crippen molar-refractivity contribution in [3.8, 4) is 0 Å². The first kappa shape index (κ1) is 11.2. The third-order valence-electron chi connectivity index (χ3n) is 2.87. The van der Waals surface area contributed by atoms with Crippen LogP contribution in [0.25, 0.3) is 0 Å². The molecular weight excluding hydrogens is 204 g/mol. The quantitative estimate of drug-likeness (QED) is 0.530. The highest BCUT2D eigenvalue weighted by molar-refractivity contribution is 5.51. The Balaban J connectivity index is 1.93. The highest BCUT2D eigenvalue weighted by atomic mass is 16.5. The topological polar surface area (TPSA) is 72.2 Å². The Kier molecular flexibility index (Phi) is 3.26. The van der Waals surface area contributed by atoms with Gasteiger partial charge in [0.1, 0.15) is 5.82 Å². The van der Waals surface area contributed by atoms with Crippen molar-refractivity contribution < 1.29 is 4.74 Å². The van der Waals surface area contributed by atoms with Crippen LogP contribution >= 0.6 is 0 Å². The molecule has 5 nitrogen and oxygen atoms in total. The van der Waals surface area contributed by atoms with Crippen molar-refractivity contribution >= 4 is 11.5 Å². The minimum Gasteiger partial charge on any atom is -0.382 e. The van der Waals surface area contributed by atoms with E-state index in [1.54, 1.807) is 6.20 Å². The van der Waals surface area contributed by atoms with E-state index in [0.29, 0.717) is 5.82 Å². The summed E-state index contributed by atoms with van der Waals surface area (Å²) in [5.74, 6) is 5.95. The summed E-state index contributed by atoms with van der Waals surface area (Å²) >= 11 is 0. The average Bonchev–Trinajstić information content (AvgIpc) is 2.75. The van der Waals surface area contributed by atoms with Crippen LogP contribution in [0.3, 0.4) is 0 Å². The van der Waals surface area contributed by atoms with Gasteiger partial charge in [0.25, 0.3) is 0 Å². The van der Waals surface area contributed by atoms with Gasteiger partial charge in [-0.25, -0.2) is 10.8 Å². The zero-order valence-corrected chi connectivity index (χ0v) is 9.49. The van der Waals surface area contributed by atoms with Gasteiger partial charge in [-0.2, -0.15) is 0 Å². The van der Waals surface area contributed by atoms with Gasteiger partial charge in [-0.1, -0.05) is 0 Å². The summed E-state index contributed by atoms with van der Waals surface area (Å²) < 4.78 is 5.70. The van der Waals surface area contributed by atoms with Gasteiger partial charge in [-0.05, 0) is 25.8 Å². The van der Waals surface area contributed by atoms with E-state index in [0.717, 1.165) is 31.7 Å². The minimum absolute atomic E-state index is 0.0421. The van der Waals surface area contributed by atoms with Gasteiger partial charge in [0.05, 0.1) is 5.60 Å². The third-order valence-corrected chi connectivity index (χ3v) is 2.87. The molecule has 0 amide bonds. The van der Waals surface area contributed by atoms with Crippen LogP contribution < -0.4 is 16.6 Å². The second-order valence-electron chi connectivity index (χ2n) is 4.33. The molecule has 0 saturated carbocycles. The van der Waals surface area contributed by atoms with E-state index < -0.39 is 0 Å². The smallest absolute Gasteiger partial charge is 0.141 e. The zero-order chi connectivity index (χ0) is 11.4. The summed E-state index contributed by atoms with van der Waals surface area (Å²) in [6.07, 6.45) is 3.96. The molecule has 5 heteroatoms. The number of rotatable bonds is 4. The van der Waals surface area contributed by atoms with E-state index in [4.69, 9.17) is 10.6 Å². The van der Waals surface area contributed by atoms with Crippen LogP contribution in [0.2, 0.25) is 0 Å². The summed E-state index contributed by atoms with van der Waals surface area (Å²) in [6.45, 7) is 3.81. The fourth-order valence-corrected chi connectivity index (χ4v) is 1.88. The van der Waals surface area contributed by atoms with Crippen molar-refractivity contribution in [2.45, 2.75) is 25.4 Å². The van der Waals surface area contributed by atoms with Gasteiger partial charge in [0, 0.05) is 31.1 Å². The Labute approximate surface area is 95.4 Å². The summed E-state index contributed by atoms with van der Waals surface area (Å²) in [5.41, 5.74) is 3.48. The molecule has 1 aliphatic heterocycles. The van der Waals surface area contributed by atoms with Gasteiger partial charge in [0.2, 0.25) is 0 Å². The van der Waals surface area contributed by atoms with Crippen molar-refractivity contribution in [1.82, 2.24) is 4.98 Å². The standard InChI is InChI=1S/C11H18N4O/c1-11(4-2-6-16-11)8-14-9-3-5-13-10(7-9)15-12/h3,5,7H,2,4,6,8,12H2,1H3,(H2,13,14,15). The van der Waals surface area contributed by atoms with Gasteiger partial charge in [-0.3, -0.25) is 0 Å². The number of nitrogens with one attached hydrogen (secondary N) is 2. The van der Waals surface area contributed by atoms with E-state index in [1.165, 1.54) is 0 Å². The number of hydrazine groups is 1. The molecule has 1 fully saturated rings. The predicted molar refractivity (Wildman–Crippen MR) is 64.1 cm³/mol. The monoisotopic (exact) mass is 222 g/mol. The molecule has 2 rings (SSSR count). The van der Waals surface area contributed by atoms with Gasteiger partial charge >= 0.3 is 0 Å². The third kappa shape index (κ3) is 2.62. The molecule has 1 atom stereocenters. The van der Waals surface area contributed by atoms with E-state index in [9.17, 15) is 0 Å². The first-order valence-corrected chi connectivity index (χ1v) is 5.52. The lowest BCUT2D eigenvalue weighted by Crippen LogP contribution is -2.32. The van der Waals surface area contributed by atoms with Gasteiger partial charge < -0.3 is 15.5 Å². The molecule has 16 heavy (non-hydrogen) atoms. The SMILES string of the molecule is CC1(CNc2ccnc(NN)c2)CCCO1. The average molecular weight is 222 g/mol. The van der Waals surface area contributed by atoms with Crippen LogP contribution in [0.4, 0.5) is 11.5 Å². The second-order valence-corrected chi connectivity index (χ2v) is 4.33. The molecule has 1 aromatic heterocycles. The highest BCUT2D eigenvalue weighted by Crippen LogP contribution is 2.25. The van der Waals surface area contributed by atoms with Crippen molar-refractivity contribution in [2.75, 3.05) is 23.9 Å².